The van der Waals surface area contributed by atoms with Crippen molar-refractivity contribution in [2.45, 2.75) is 65.0 Å². The van der Waals surface area contributed by atoms with Gasteiger partial charge in [-0.3, -0.25) is 0 Å². The number of phenolic OH excluding ortho intramolecular Hbond substituents is 2. The van der Waals surface area contributed by atoms with Crippen molar-refractivity contribution in [1.82, 2.24) is 0 Å². The Bertz CT molecular complexity index is 1720. The fourth-order valence-corrected chi connectivity index (χ4v) is 6.27. The van der Waals surface area contributed by atoms with Crippen LogP contribution in [0.15, 0.2) is 86.0 Å². The van der Waals surface area contributed by atoms with Crippen molar-refractivity contribution in [3.63, 3.8) is 0 Å². The van der Waals surface area contributed by atoms with E-state index in [0.29, 0.717) is 72.1 Å². The molecule has 12 nitrogen and oxygen atoms in total. The first-order chi connectivity index (χ1) is 28.0. The Kier molecular flexibility index (Phi) is 18.9. The summed E-state index contributed by atoms with van der Waals surface area (Å²) < 4.78 is 57.0. The van der Waals surface area contributed by atoms with Crippen LogP contribution in [0.2, 0.25) is 0 Å². The minimum atomic E-state index is -0.392. The van der Waals surface area contributed by atoms with E-state index in [2.05, 4.69) is 13.2 Å². The van der Waals surface area contributed by atoms with Gasteiger partial charge in [-0.25, -0.2) is 0 Å². The predicted octanol–water partition coefficient (Wildman–Crippen LogP) is 9.38. The highest BCUT2D eigenvalue weighted by Gasteiger charge is 2.27. The maximum Gasteiger partial charge on any atom is 0.203 e. The third kappa shape index (κ3) is 12.1. The van der Waals surface area contributed by atoms with Crippen molar-refractivity contribution < 1.29 is 57.6 Å². The summed E-state index contributed by atoms with van der Waals surface area (Å²) in [6, 6.07) is 17.9. The lowest BCUT2D eigenvalue weighted by Crippen LogP contribution is -2.25. The van der Waals surface area contributed by atoms with Gasteiger partial charge in [-0.15, -0.1) is 13.2 Å². The summed E-state index contributed by atoms with van der Waals surface area (Å²) in [5.41, 5.74) is 3.68. The molecule has 0 aliphatic carbocycles. The molecule has 58 heavy (non-hydrogen) atoms. The molecule has 4 aromatic carbocycles. The summed E-state index contributed by atoms with van der Waals surface area (Å²) in [5.74, 6) is 4.21. The summed E-state index contributed by atoms with van der Waals surface area (Å²) in [7, 11) is 9.39. The lowest BCUT2D eigenvalue weighted by Gasteiger charge is -2.27. The van der Waals surface area contributed by atoms with Crippen LogP contribution in [0.4, 0.5) is 0 Å². The van der Waals surface area contributed by atoms with Crippen molar-refractivity contribution in [1.29, 1.82) is 0 Å². The Morgan fingerprint density at radius 2 is 0.810 bits per heavy atom. The number of aromatic hydroxyl groups is 2. The summed E-state index contributed by atoms with van der Waals surface area (Å²) in [6.45, 7) is 16.2. The van der Waals surface area contributed by atoms with E-state index >= 15 is 0 Å². The number of hydrogen-bond acceptors (Lipinski definition) is 12. The fourth-order valence-electron chi connectivity index (χ4n) is 6.27. The zero-order chi connectivity index (χ0) is 42.8. The van der Waals surface area contributed by atoms with E-state index < -0.39 is 12.2 Å². The van der Waals surface area contributed by atoms with Crippen LogP contribution < -0.4 is 37.9 Å². The van der Waals surface area contributed by atoms with Gasteiger partial charge in [0.1, 0.15) is 24.4 Å². The highest BCUT2D eigenvalue weighted by atomic mass is 16.6. The van der Waals surface area contributed by atoms with Gasteiger partial charge in [-0.1, -0.05) is 24.3 Å². The quantitative estimate of drug-likeness (QED) is 0.0734. The zero-order valence-electron chi connectivity index (χ0n) is 35.5. The zero-order valence-corrected chi connectivity index (χ0v) is 35.5. The van der Waals surface area contributed by atoms with Crippen molar-refractivity contribution in [3.05, 3.63) is 108 Å². The van der Waals surface area contributed by atoms with E-state index in [1.54, 1.807) is 64.8 Å². The standard InChI is InChI=1S/2C23H30O6/c2*1-7-9-16-12-20(26-5)23(21(13-16)27-6)29-15(3)22(28-8-2)17-10-11-18(24)19(14-17)25-4/h2*7,10-15,22,24H,1,8-9H2,2-6H3/t15-,22+;15-,22-/m00/s1. The number of allylic oxidation sites excluding steroid dienone is 2. The van der Waals surface area contributed by atoms with Crippen LogP contribution in [-0.2, 0) is 22.3 Å². The molecule has 0 saturated heterocycles. The third-order valence-corrected chi connectivity index (χ3v) is 9.02. The lowest BCUT2D eigenvalue weighted by molar-refractivity contribution is -0.0163. The lowest BCUT2D eigenvalue weighted by atomic mass is 10.0. The SMILES string of the molecule is C=CCc1cc(OC)c(O[C@@H](C)[C@@H](OCC)c2ccc(O)c(OC)c2)c(OC)c1.C=CCc1cc(OC)c(O[C@@H](C)[C@H](OCC)c2ccc(O)c(OC)c2)c(OC)c1. The van der Waals surface area contributed by atoms with Crippen LogP contribution in [-0.4, -0.2) is 78.3 Å². The maximum absolute atomic E-state index is 9.89. The number of benzene rings is 4. The second-order valence-corrected chi connectivity index (χ2v) is 12.9. The maximum atomic E-state index is 9.89. The number of phenols is 2. The molecule has 2 N–H and O–H groups in total. The van der Waals surface area contributed by atoms with Gasteiger partial charge in [0.05, 0.1) is 42.7 Å². The van der Waals surface area contributed by atoms with Gasteiger partial charge in [0, 0.05) is 13.2 Å². The molecule has 0 amide bonds. The number of ether oxygens (including phenoxy) is 10. The highest BCUT2D eigenvalue weighted by Crippen LogP contribution is 2.43. The largest absolute Gasteiger partial charge is 0.504 e. The molecule has 0 spiro atoms. The number of rotatable bonds is 22. The third-order valence-electron chi connectivity index (χ3n) is 9.02. The molecule has 0 unspecified atom stereocenters. The summed E-state index contributed by atoms with van der Waals surface area (Å²) in [4.78, 5) is 0. The predicted molar refractivity (Wildman–Crippen MR) is 225 cm³/mol. The molecule has 0 bridgehead atoms. The van der Waals surface area contributed by atoms with Gasteiger partial charge in [0.25, 0.3) is 0 Å². The normalized spacial score (nSPS) is 12.7. The molecule has 4 aromatic rings. The van der Waals surface area contributed by atoms with Gasteiger partial charge in [0.2, 0.25) is 11.5 Å². The molecule has 316 valence electrons. The first kappa shape index (κ1) is 46.7. The van der Waals surface area contributed by atoms with Crippen LogP contribution in [0.3, 0.4) is 0 Å². The molecule has 0 aromatic heterocycles. The first-order valence-corrected chi connectivity index (χ1v) is 19.0. The monoisotopic (exact) mass is 804 g/mol. The van der Waals surface area contributed by atoms with Crippen molar-refractivity contribution in [2.24, 2.45) is 0 Å². The van der Waals surface area contributed by atoms with Crippen LogP contribution in [0.5, 0.6) is 57.5 Å². The van der Waals surface area contributed by atoms with Crippen molar-refractivity contribution >= 4 is 0 Å². The Morgan fingerprint density at radius 1 is 0.500 bits per heavy atom. The Labute approximate surface area is 343 Å². The molecule has 0 radical (unpaired) electrons. The minimum absolute atomic E-state index is 0.0706. The Balaban J connectivity index is 0.000000310. The van der Waals surface area contributed by atoms with E-state index in [9.17, 15) is 10.2 Å². The molecule has 0 heterocycles. The average molecular weight is 805 g/mol. The molecular formula is C46H60O12. The van der Waals surface area contributed by atoms with E-state index in [4.69, 9.17) is 47.4 Å². The first-order valence-electron chi connectivity index (χ1n) is 19.0. The topological polar surface area (TPSA) is 133 Å². The molecule has 0 aliphatic heterocycles. The van der Waals surface area contributed by atoms with E-state index in [1.807, 2.05) is 64.1 Å². The molecular weight excluding hydrogens is 744 g/mol. The minimum Gasteiger partial charge on any atom is -0.504 e. The second kappa shape index (κ2) is 23.5. The Morgan fingerprint density at radius 3 is 1.07 bits per heavy atom. The second-order valence-electron chi connectivity index (χ2n) is 12.9. The van der Waals surface area contributed by atoms with E-state index in [1.165, 1.54) is 14.2 Å². The molecule has 0 saturated carbocycles. The van der Waals surface area contributed by atoms with Gasteiger partial charge < -0.3 is 57.6 Å². The summed E-state index contributed by atoms with van der Waals surface area (Å²) >= 11 is 0. The molecule has 4 atom stereocenters. The van der Waals surface area contributed by atoms with Crippen molar-refractivity contribution in [3.8, 4) is 57.5 Å². The molecule has 4 rings (SSSR count). The number of methoxy groups -OCH3 is 6. The van der Waals surface area contributed by atoms with E-state index in [0.717, 1.165) is 22.3 Å². The van der Waals surface area contributed by atoms with Crippen LogP contribution >= 0.6 is 0 Å². The highest BCUT2D eigenvalue weighted by molar-refractivity contribution is 5.55. The van der Waals surface area contributed by atoms with Crippen LogP contribution in [0.25, 0.3) is 0 Å². The molecule has 12 heteroatoms. The van der Waals surface area contributed by atoms with Gasteiger partial charge in [-0.05, 0) is 111 Å². The van der Waals surface area contributed by atoms with Crippen molar-refractivity contribution in [2.75, 3.05) is 55.9 Å². The number of hydrogen-bond donors (Lipinski definition) is 2. The van der Waals surface area contributed by atoms with Crippen LogP contribution in [0.1, 0.15) is 62.2 Å². The molecule has 0 fully saturated rings. The average Bonchev–Trinajstić information content (AvgIpc) is 3.23. The smallest absolute Gasteiger partial charge is 0.203 e. The van der Waals surface area contributed by atoms with Crippen LogP contribution in [0, 0.1) is 0 Å². The van der Waals surface area contributed by atoms with Gasteiger partial charge >= 0.3 is 0 Å². The Hall–Kier alpha value is -5.72. The summed E-state index contributed by atoms with van der Waals surface area (Å²) in [6.07, 6.45) is 3.49. The fraction of sp³-hybridized carbons (Fsp3) is 0.391. The van der Waals surface area contributed by atoms with E-state index in [-0.39, 0.29) is 23.7 Å². The summed E-state index contributed by atoms with van der Waals surface area (Å²) in [5, 5.41) is 19.8. The van der Waals surface area contributed by atoms with Gasteiger partial charge in [0.15, 0.2) is 46.0 Å². The van der Waals surface area contributed by atoms with Gasteiger partial charge in [-0.2, -0.15) is 0 Å². The molecule has 0 aliphatic rings.